The number of fused-ring (bicyclic) bond motifs is 1. The summed E-state index contributed by atoms with van der Waals surface area (Å²) in [5.74, 6) is -3.89. The fraction of sp³-hybridized carbons (Fsp3) is 0.356. The van der Waals surface area contributed by atoms with Crippen molar-refractivity contribution in [3.05, 3.63) is 142 Å². The first-order valence-corrected chi connectivity index (χ1v) is 19.1. The Balaban J connectivity index is 0.000000272. The molecular formula is C45H52F3N3O10. The summed E-state index contributed by atoms with van der Waals surface area (Å²) in [5, 5.41) is 22.5. The van der Waals surface area contributed by atoms with Crippen LogP contribution < -0.4 is 16.4 Å². The molecule has 1 aliphatic carbocycles. The quantitative estimate of drug-likeness (QED) is 0.0971. The van der Waals surface area contributed by atoms with Gasteiger partial charge >= 0.3 is 24.1 Å². The highest BCUT2D eigenvalue weighted by Gasteiger charge is 2.36. The Bertz CT molecular complexity index is 2100. The van der Waals surface area contributed by atoms with E-state index in [9.17, 15) is 37.1 Å². The summed E-state index contributed by atoms with van der Waals surface area (Å²) in [4.78, 5) is 58.7. The standard InChI is InChI=1S/C24H28FNO4.C13H16FNO4.C8H8FNO2/c1-24(2,3)30-23(28)26-21(15-9-11-18(25)12-10-15)20(27)14-17-13-16-7-5-6-8-19(16)22(17)29-4;1-13(2,3)19-12(18)15-10(11(16)17)8-4-6-9(14)7-5-8;9-6-3-1-5(2-4-6)7(10)8(11)12/h5-12,17,21-22H,13-14H2,1-4H3,(H,26,28);4-7,10H,1-3H3,(H,15,18)(H,16,17);1-4,7H,10H2,(H,11,12)/t17?,21-,22?;10-;7-/m000/s1. The van der Waals surface area contributed by atoms with Crippen molar-refractivity contribution in [1.82, 2.24) is 10.6 Å². The van der Waals surface area contributed by atoms with Crippen LogP contribution in [-0.2, 0) is 35.0 Å². The predicted molar refractivity (Wildman–Crippen MR) is 219 cm³/mol. The number of ketones is 1. The van der Waals surface area contributed by atoms with E-state index in [-0.39, 0.29) is 29.8 Å². The number of alkyl carbamates (subject to hydrolysis) is 2. The van der Waals surface area contributed by atoms with E-state index in [2.05, 4.69) is 10.6 Å². The number of methoxy groups -OCH3 is 1. The Morgan fingerprint density at radius 1 is 0.656 bits per heavy atom. The predicted octanol–water partition coefficient (Wildman–Crippen LogP) is 8.30. The summed E-state index contributed by atoms with van der Waals surface area (Å²) in [5.41, 5.74) is 7.27. The molecule has 13 nitrogen and oxygen atoms in total. The number of hydrogen-bond donors (Lipinski definition) is 5. The minimum absolute atomic E-state index is 0.0386. The largest absolute Gasteiger partial charge is 0.480 e. The number of nitrogens with one attached hydrogen (secondary N) is 2. The van der Waals surface area contributed by atoms with Crippen LogP contribution in [0, 0.1) is 23.4 Å². The second-order valence-electron chi connectivity index (χ2n) is 16.0. The number of Topliss-reactive ketones (excluding diaryl/α,β-unsaturated/α-hetero) is 1. The summed E-state index contributed by atoms with van der Waals surface area (Å²) in [6, 6.07) is 20.2. The molecule has 5 rings (SSSR count). The van der Waals surface area contributed by atoms with Crippen LogP contribution in [0.5, 0.6) is 0 Å². The van der Waals surface area contributed by atoms with E-state index in [1.807, 2.05) is 24.3 Å². The highest BCUT2D eigenvalue weighted by molar-refractivity contribution is 5.89. The lowest BCUT2D eigenvalue weighted by molar-refractivity contribution is -0.140. The van der Waals surface area contributed by atoms with Crippen LogP contribution in [0.15, 0.2) is 97.1 Å². The van der Waals surface area contributed by atoms with Crippen LogP contribution in [0.4, 0.5) is 22.8 Å². The minimum atomic E-state index is -1.28. The van der Waals surface area contributed by atoms with Crippen LogP contribution in [-0.4, -0.2) is 58.4 Å². The molecule has 61 heavy (non-hydrogen) atoms. The number of carboxylic acids is 2. The van der Waals surface area contributed by atoms with Crippen LogP contribution in [0.1, 0.15) is 100 Å². The van der Waals surface area contributed by atoms with E-state index in [1.165, 1.54) is 66.2 Å². The number of hydrogen-bond acceptors (Lipinski definition) is 9. The van der Waals surface area contributed by atoms with Crippen LogP contribution >= 0.6 is 0 Å². The van der Waals surface area contributed by atoms with Crippen molar-refractivity contribution >= 4 is 29.9 Å². The molecule has 0 bridgehead atoms. The Hall–Kier alpha value is -6.26. The van der Waals surface area contributed by atoms with Crippen molar-refractivity contribution in [2.45, 2.75) is 89.8 Å². The Labute approximate surface area is 352 Å². The maximum atomic E-state index is 13.4. The fourth-order valence-electron chi connectivity index (χ4n) is 6.13. The number of aliphatic carboxylic acids is 2. The van der Waals surface area contributed by atoms with Crippen molar-refractivity contribution in [3.63, 3.8) is 0 Å². The monoisotopic (exact) mass is 851 g/mol. The molecule has 4 aromatic carbocycles. The highest BCUT2D eigenvalue weighted by atomic mass is 19.1. The second-order valence-corrected chi connectivity index (χ2v) is 16.0. The van der Waals surface area contributed by atoms with Gasteiger partial charge in [0.05, 0.1) is 6.10 Å². The molecule has 0 aliphatic heterocycles. The van der Waals surface area contributed by atoms with E-state index in [0.717, 1.165) is 24.1 Å². The Kier molecular flexibility index (Phi) is 17.6. The molecular weight excluding hydrogens is 800 g/mol. The summed E-state index contributed by atoms with van der Waals surface area (Å²) in [7, 11) is 1.64. The first-order chi connectivity index (χ1) is 28.5. The highest BCUT2D eigenvalue weighted by Crippen LogP contribution is 2.41. The molecule has 0 saturated carbocycles. The van der Waals surface area contributed by atoms with Gasteiger partial charge in [0.25, 0.3) is 0 Å². The second kappa shape index (κ2) is 21.8. The molecule has 6 N–H and O–H groups in total. The van der Waals surface area contributed by atoms with Crippen LogP contribution in [0.3, 0.4) is 0 Å². The van der Waals surface area contributed by atoms with Crippen molar-refractivity contribution in [3.8, 4) is 0 Å². The van der Waals surface area contributed by atoms with Gasteiger partial charge in [-0.2, -0.15) is 0 Å². The van der Waals surface area contributed by atoms with Gasteiger partial charge in [-0.25, -0.2) is 27.6 Å². The summed E-state index contributed by atoms with van der Waals surface area (Å²) in [6.45, 7) is 10.3. The fourth-order valence-corrected chi connectivity index (χ4v) is 6.13. The molecule has 2 amide bonds. The zero-order valence-electron chi connectivity index (χ0n) is 34.9. The van der Waals surface area contributed by atoms with Gasteiger partial charge in [-0.05, 0) is 112 Å². The molecule has 0 aromatic heterocycles. The number of benzene rings is 4. The molecule has 4 aromatic rings. The number of amides is 2. The molecule has 5 atom stereocenters. The van der Waals surface area contributed by atoms with Gasteiger partial charge in [0, 0.05) is 19.4 Å². The van der Waals surface area contributed by atoms with Gasteiger partial charge in [0.1, 0.15) is 40.7 Å². The number of carbonyl (C=O) groups is 5. The third kappa shape index (κ3) is 16.0. The average Bonchev–Trinajstić information content (AvgIpc) is 3.52. The van der Waals surface area contributed by atoms with Crippen molar-refractivity contribution in [2.75, 3.05) is 7.11 Å². The summed E-state index contributed by atoms with van der Waals surface area (Å²) >= 11 is 0. The van der Waals surface area contributed by atoms with Gasteiger partial charge in [0.2, 0.25) is 0 Å². The SMILES string of the molecule is CC(C)(C)OC(=O)N[C@H](C(=O)O)c1ccc(F)cc1.COC1c2ccccc2CC1CC(=O)[C@@H](NC(=O)OC(C)(C)C)c1ccc(F)cc1.N[C@H](C(=O)O)c1ccc(F)cc1. The van der Waals surface area contributed by atoms with Gasteiger partial charge in [-0.1, -0.05) is 60.7 Å². The Morgan fingerprint density at radius 3 is 1.48 bits per heavy atom. The van der Waals surface area contributed by atoms with Crippen molar-refractivity contribution in [1.29, 1.82) is 0 Å². The maximum absolute atomic E-state index is 13.4. The third-order valence-electron chi connectivity index (χ3n) is 8.78. The van der Waals surface area contributed by atoms with Crippen molar-refractivity contribution in [2.24, 2.45) is 11.7 Å². The van der Waals surface area contributed by atoms with E-state index in [1.54, 1.807) is 48.7 Å². The number of halogens is 3. The zero-order chi connectivity index (χ0) is 45.7. The first kappa shape index (κ1) is 49.1. The molecule has 0 spiro atoms. The number of nitrogens with two attached hydrogens (primary N) is 1. The molecule has 0 radical (unpaired) electrons. The summed E-state index contributed by atoms with van der Waals surface area (Å²) in [6.07, 6.45) is -0.776. The molecule has 0 saturated heterocycles. The average molecular weight is 852 g/mol. The lowest BCUT2D eigenvalue weighted by Gasteiger charge is -2.25. The van der Waals surface area contributed by atoms with Crippen LogP contribution in [0.2, 0.25) is 0 Å². The molecule has 2 unspecified atom stereocenters. The number of carbonyl (C=O) groups excluding carboxylic acids is 3. The third-order valence-corrected chi connectivity index (χ3v) is 8.78. The smallest absolute Gasteiger partial charge is 0.408 e. The van der Waals surface area contributed by atoms with Gasteiger partial charge in [0.15, 0.2) is 11.8 Å². The van der Waals surface area contributed by atoms with E-state index < -0.39 is 70.9 Å². The maximum Gasteiger partial charge on any atom is 0.408 e. The van der Waals surface area contributed by atoms with Crippen molar-refractivity contribution < 1.29 is 61.6 Å². The molecule has 16 heteroatoms. The molecule has 0 fully saturated rings. The van der Waals surface area contributed by atoms with Gasteiger partial charge in [-0.15, -0.1) is 0 Å². The lowest BCUT2D eigenvalue weighted by Crippen LogP contribution is -2.38. The zero-order valence-corrected chi connectivity index (χ0v) is 34.9. The van der Waals surface area contributed by atoms with E-state index in [4.69, 9.17) is 30.2 Å². The van der Waals surface area contributed by atoms with Gasteiger partial charge < -0.3 is 40.8 Å². The molecule has 0 heterocycles. The number of carboxylic acid groups (broad SMARTS) is 2. The van der Waals surface area contributed by atoms with Gasteiger partial charge in [-0.3, -0.25) is 9.59 Å². The normalized spacial score (nSPS) is 15.8. The van der Waals surface area contributed by atoms with E-state index >= 15 is 0 Å². The topological polar surface area (TPSA) is 204 Å². The van der Waals surface area contributed by atoms with Crippen LogP contribution in [0.25, 0.3) is 0 Å². The molecule has 1 aliphatic rings. The minimum Gasteiger partial charge on any atom is -0.480 e. The summed E-state index contributed by atoms with van der Waals surface area (Å²) < 4.78 is 54.5. The Morgan fingerprint density at radius 2 is 1.07 bits per heavy atom. The lowest BCUT2D eigenvalue weighted by atomic mass is 9.91. The number of rotatable bonds is 11. The van der Waals surface area contributed by atoms with E-state index in [0.29, 0.717) is 11.1 Å². The number of ether oxygens (including phenoxy) is 3. The first-order valence-electron chi connectivity index (χ1n) is 19.1. The molecule has 328 valence electrons.